The van der Waals surface area contributed by atoms with Crippen LogP contribution in [0.25, 0.3) is 0 Å². The molecule has 2 amide bonds. The van der Waals surface area contributed by atoms with Crippen LogP contribution in [0.15, 0.2) is 11.6 Å². The maximum Gasteiger partial charge on any atom is 0.256 e. The summed E-state index contributed by atoms with van der Waals surface area (Å²) in [6, 6.07) is 0. The van der Waals surface area contributed by atoms with Crippen molar-refractivity contribution in [2.24, 2.45) is 5.92 Å². The monoisotopic (exact) mass is 311 g/mol. The van der Waals surface area contributed by atoms with Crippen LogP contribution in [-0.2, 0) is 23.8 Å². The summed E-state index contributed by atoms with van der Waals surface area (Å²) in [4.78, 5) is 22.6. The van der Waals surface area contributed by atoms with Crippen LogP contribution in [0.5, 0.6) is 0 Å². The predicted octanol–water partition coefficient (Wildman–Crippen LogP) is 1.20. The lowest BCUT2D eigenvalue weighted by atomic mass is 9.84. The fraction of sp³-hybridized carbons (Fsp3) is 0.750. The van der Waals surface area contributed by atoms with Gasteiger partial charge in [0.25, 0.3) is 11.8 Å². The van der Waals surface area contributed by atoms with Crippen molar-refractivity contribution in [2.45, 2.75) is 45.3 Å². The summed E-state index contributed by atoms with van der Waals surface area (Å²) in [5.74, 6) is -0.577. The van der Waals surface area contributed by atoms with Gasteiger partial charge in [0, 0.05) is 30.8 Å². The molecule has 1 aliphatic carbocycles. The molecule has 0 aromatic rings. The Morgan fingerprint density at radius 2 is 1.77 bits per heavy atom. The summed E-state index contributed by atoms with van der Waals surface area (Å²) < 4.78 is 17.3. The topological polar surface area (TPSA) is 73.9 Å². The molecule has 0 saturated heterocycles. The highest BCUT2D eigenvalue weighted by Crippen LogP contribution is 2.30. The summed E-state index contributed by atoms with van der Waals surface area (Å²) in [6.45, 7) is 5.92. The molecule has 1 heterocycles. The smallest absolute Gasteiger partial charge is 0.256 e. The number of ether oxygens (including phenoxy) is 3. The molecule has 2 rings (SSSR count). The highest BCUT2D eigenvalue weighted by molar-refractivity contribution is 6.16. The molecule has 124 valence electrons. The van der Waals surface area contributed by atoms with Gasteiger partial charge in [0.1, 0.15) is 0 Å². The molecule has 0 spiro atoms. The van der Waals surface area contributed by atoms with E-state index in [1.165, 1.54) is 6.08 Å². The van der Waals surface area contributed by atoms with E-state index in [1.807, 2.05) is 13.8 Å². The van der Waals surface area contributed by atoms with Gasteiger partial charge in [0.05, 0.1) is 25.4 Å². The largest absolute Gasteiger partial charge is 0.378 e. The van der Waals surface area contributed by atoms with E-state index < -0.39 is 0 Å². The molecule has 6 heteroatoms. The fourth-order valence-electron chi connectivity index (χ4n) is 3.11. The number of nitrogens with one attached hydrogen (secondary N) is 1. The minimum Gasteiger partial charge on any atom is -0.378 e. The molecule has 0 unspecified atom stereocenters. The molecule has 0 radical (unpaired) electrons. The number of hydrogen-bond acceptors (Lipinski definition) is 5. The maximum atomic E-state index is 11.5. The van der Waals surface area contributed by atoms with Crippen molar-refractivity contribution < 1.29 is 23.8 Å². The van der Waals surface area contributed by atoms with Gasteiger partial charge in [-0.05, 0) is 33.1 Å². The molecule has 1 N–H and O–H groups in total. The van der Waals surface area contributed by atoms with E-state index in [2.05, 4.69) is 5.32 Å². The molecule has 0 aromatic heterocycles. The van der Waals surface area contributed by atoms with Crippen LogP contribution in [0.4, 0.5) is 0 Å². The van der Waals surface area contributed by atoms with Crippen molar-refractivity contribution in [3.8, 4) is 0 Å². The molecule has 1 fully saturated rings. The third kappa shape index (κ3) is 4.38. The minimum absolute atomic E-state index is 0.128. The average molecular weight is 311 g/mol. The Kier molecular flexibility index (Phi) is 6.54. The summed E-state index contributed by atoms with van der Waals surface area (Å²) in [5, 5.41) is 2.21. The molecule has 1 saturated carbocycles. The van der Waals surface area contributed by atoms with Gasteiger partial charge in [-0.3, -0.25) is 14.9 Å². The fourth-order valence-corrected chi connectivity index (χ4v) is 3.11. The van der Waals surface area contributed by atoms with Gasteiger partial charge in [-0.15, -0.1) is 0 Å². The Morgan fingerprint density at radius 3 is 2.27 bits per heavy atom. The zero-order valence-corrected chi connectivity index (χ0v) is 13.3. The molecular weight excluding hydrogens is 286 g/mol. The first kappa shape index (κ1) is 17.1. The van der Waals surface area contributed by atoms with Crippen LogP contribution in [0.1, 0.15) is 33.1 Å². The van der Waals surface area contributed by atoms with Crippen LogP contribution in [0.2, 0.25) is 0 Å². The standard InChI is InChI=1S/C16H25NO5/c1-3-21-13-6-5-7-14(22-4-2)12(13)10-20-9-11-8-15(18)17-16(11)19/h8,12-14H,3-7,9-10H2,1-2H3,(H,17,18,19)/t13-,14-/m0/s1. The Hall–Kier alpha value is -1.24. The SMILES string of the molecule is CCO[C@H]1CCC[C@H](OCC)C1COCC1=CC(=O)NC1=O. The van der Waals surface area contributed by atoms with Crippen molar-refractivity contribution in [1.82, 2.24) is 5.32 Å². The lowest BCUT2D eigenvalue weighted by Crippen LogP contribution is -2.42. The first-order valence-electron chi connectivity index (χ1n) is 8.02. The van der Waals surface area contributed by atoms with E-state index >= 15 is 0 Å². The average Bonchev–Trinajstić information content (AvgIpc) is 2.80. The number of imide groups is 1. The third-order valence-electron chi connectivity index (χ3n) is 4.10. The van der Waals surface area contributed by atoms with Crippen molar-refractivity contribution in [3.63, 3.8) is 0 Å². The van der Waals surface area contributed by atoms with Gasteiger partial charge in [0.2, 0.25) is 0 Å². The van der Waals surface area contributed by atoms with Gasteiger partial charge in [0.15, 0.2) is 0 Å². The zero-order valence-electron chi connectivity index (χ0n) is 13.3. The summed E-state index contributed by atoms with van der Waals surface area (Å²) in [7, 11) is 0. The quantitative estimate of drug-likeness (QED) is 0.682. The predicted molar refractivity (Wildman–Crippen MR) is 80.2 cm³/mol. The summed E-state index contributed by atoms with van der Waals surface area (Å²) >= 11 is 0. The first-order chi connectivity index (χ1) is 10.7. The van der Waals surface area contributed by atoms with Crippen molar-refractivity contribution in [2.75, 3.05) is 26.4 Å². The van der Waals surface area contributed by atoms with Gasteiger partial charge in [-0.2, -0.15) is 0 Å². The van der Waals surface area contributed by atoms with E-state index in [-0.39, 0.29) is 36.5 Å². The molecule has 22 heavy (non-hydrogen) atoms. The van der Waals surface area contributed by atoms with Crippen molar-refractivity contribution in [1.29, 1.82) is 0 Å². The third-order valence-corrected chi connectivity index (χ3v) is 4.10. The van der Waals surface area contributed by atoms with Crippen LogP contribution >= 0.6 is 0 Å². The normalized spacial score (nSPS) is 26.2. The van der Waals surface area contributed by atoms with Gasteiger partial charge in [-0.25, -0.2) is 0 Å². The van der Waals surface area contributed by atoms with Crippen LogP contribution in [-0.4, -0.2) is 50.4 Å². The molecular formula is C16H25NO5. The van der Waals surface area contributed by atoms with Crippen LogP contribution < -0.4 is 5.32 Å². The van der Waals surface area contributed by atoms with E-state index in [0.29, 0.717) is 25.4 Å². The molecule has 0 bridgehead atoms. The van der Waals surface area contributed by atoms with E-state index in [0.717, 1.165) is 19.3 Å². The maximum absolute atomic E-state index is 11.5. The Balaban J connectivity index is 1.89. The van der Waals surface area contributed by atoms with E-state index in [9.17, 15) is 9.59 Å². The second-order valence-electron chi connectivity index (χ2n) is 5.59. The first-order valence-corrected chi connectivity index (χ1v) is 8.02. The highest BCUT2D eigenvalue weighted by atomic mass is 16.5. The number of rotatable bonds is 8. The van der Waals surface area contributed by atoms with Crippen molar-refractivity contribution >= 4 is 11.8 Å². The molecule has 2 atom stereocenters. The van der Waals surface area contributed by atoms with Crippen LogP contribution in [0.3, 0.4) is 0 Å². The number of carbonyl (C=O) groups is 2. The lowest BCUT2D eigenvalue weighted by Gasteiger charge is -2.37. The molecule has 1 aliphatic heterocycles. The lowest BCUT2D eigenvalue weighted by molar-refractivity contribution is -0.124. The Morgan fingerprint density at radius 1 is 1.14 bits per heavy atom. The van der Waals surface area contributed by atoms with Gasteiger partial charge >= 0.3 is 0 Å². The molecule has 2 aliphatic rings. The molecule has 6 nitrogen and oxygen atoms in total. The number of carbonyl (C=O) groups excluding carboxylic acids is 2. The van der Waals surface area contributed by atoms with Gasteiger partial charge in [-0.1, -0.05) is 0 Å². The summed E-state index contributed by atoms with van der Waals surface area (Å²) in [6.07, 6.45) is 4.66. The van der Waals surface area contributed by atoms with E-state index in [4.69, 9.17) is 14.2 Å². The summed E-state index contributed by atoms with van der Waals surface area (Å²) in [5.41, 5.74) is 0.377. The van der Waals surface area contributed by atoms with Crippen LogP contribution in [0, 0.1) is 5.92 Å². The Labute approximate surface area is 131 Å². The van der Waals surface area contributed by atoms with Gasteiger partial charge < -0.3 is 14.2 Å². The zero-order chi connectivity index (χ0) is 15.9. The van der Waals surface area contributed by atoms with E-state index in [1.54, 1.807) is 0 Å². The Bertz CT molecular complexity index is 416. The number of amides is 2. The second-order valence-corrected chi connectivity index (χ2v) is 5.59. The minimum atomic E-state index is -0.374. The molecule has 0 aromatic carbocycles. The van der Waals surface area contributed by atoms with Crippen molar-refractivity contribution in [3.05, 3.63) is 11.6 Å². The number of hydrogen-bond donors (Lipinski definition) is 1. The highest BCUT2D eigenvalue weighted by Gasteiger charge is 2.34. The second kappa shape index (κ2) is 8.41.